The van der Waals surface area contributed by atoms with Crippen LogP contribution in [0.4, 0.5) is 5.82 Å². The highest BCUT2D eigenvalue weighted by Crippen LogP contribution is 2.21. The van der Waals surface area contributed by atoms with Crippen molar-refractivity contribution in [3.05, 3.63) is 40.7 Å². The van der Waals surface area contributed by atoms with E-state index in [0.29, 0.717) is 16.8 Å². The molecule has 0 spiro atoms. The molecule has 2 aromatic heterocycles. The summed E-state index contributed by atoms with van der Waals surface area (Å²) in [4.78, 5) is 8.27. The van der Waals surface area contributed by atoms with Crippen molar-refractivity contribution in [2.24, 2.45) is 0 Å². The van der Waals surface area contributed by atoms with Crippen molar-refractivity contribution in [2.75, 3.05) is 5.32 Å². The van der Waals surface area contributed by atoms with Crippen LogP contribution < -0.4 is 5.32 Å². The molecule has 5 heteroatoms. The SMILES string of the molecule is Cc1nc(Cl)cc(NC(C)c2ccc(C)o2)n1. The normalized spacial score (nSPS) is 12.5. The Labute approximate surface area is 105 Å². The Kier molecular flexibility index (Phi) is 3.33. The fraction of sp³-hybridized carbons (Fsp3) is 0.333. The summed E-state index contributed by atoms with van der Waals surface area (Å²) >= 11 is 5.87. The molecule has 0 aliphatic heterocycles. The lowest BCUT2D eigenvalue weighted by molar-refractivity contribution is 0.466. The Hall–Kier alpha value is -1.55. The summed E-state index contributed by atoms with van der Waals surface area (Å²) in [6, 6.07) is 5.61. The van der Waals surface area contributed by atoms with Crippen LogP contribution >= 0.6 is 11.6 Å². The van der Waals surface area contributed by atoms with Gasteiger partial charge >= 0.3 is 0 Å². The van der Waals surface area contributed by atoms with Gasteiger partial charge in [-0.05, 0) is 32.9 Å². The highest BCUT2D eigenvalue weighted by Gasteiger charge is 2.10. The summed E-state index contributed by atoms with van der Waals surface area (Å²) in [5.41, 5.74) is 0. The number of halogens is 1. The number of aromatic nitrogens is 2. The van der Waals surface area contributed by atoms with Gasteiger partial charge in [-0.1, -0.05) is 11.6 Å². The minimum absolute atomic E-state index is 0.0362. The lowest BCUT2D eigenvalue weighted by Gasteiger charge is -2.12. The van der Waals surface area contributed by atoms with Crippen molar-refractivity contribution in [1.29, 1.82) is 0 Å². The van der Waals surface area contributed by atoms with E-state index in [9.17, 15) is 0 Å². The minimum atomic E-state index is 0.0362. The number of rotatable bonds is 3. The van der Waals surface area contributed by atoms with Gasteiger partial charge in [-0.15, -0.1) is 0 Å². The molecule has 17 heavy (non-hydrogen) atoms. The number of nitrogens with zero attached hydrogens (tertiary/aromatic N) is 2. The van der Waals surface area contributed by atoms with E-state index in [1.807, 2.05) is 26.0 Å². The molecule has 0 saturated heterocycles. The van der Waals surface area contributed by atoms with Gasteiger partial charge in [0.25, 0.3) is 0 Å². The Morgan fingerprint density at radius 2 is 2.06 bits per heavy atom. The largest absolute Gasteiger partial charge is 0.464 e. The lowest BCUT2D eigenvalue weighted by Crippen LogP contribution is -2.08. The molecule has 0 radical (unpaired) electrons. The molecule has 1 N–H and O–H groups in total. The zero-order valence-corrected chi connectivity index (χ0v) is 10.7. The Morgan fingerprint density at radius 3 is 2.65 bits per heavy atom. The topological polar surface area (TPSA) is 51.0 Å². The highest BCUT2D eigenvalue weighted by atomic mass is 35.5. The molecule has 2 heterocycles. The summed E-state index contributed by atoms with van der Waals surface area (Å²) in [5, 5.41) is 3.66. The first-order chi connectivity index (χ1) is 8.04. The van der Waals surface area contributed by atoms with Gasteiger partial charge in [0.1, 0.15) is 28.3 Å². The first kappa shape index (κ1) is 11.9. The van der Waals surface area contributed by atoms with Gasteiger partial charge in [0.05, 0.1) is 6.04 Å². The van der Waals surface area contributed by atoms with Crippen molar-refractivity contribution in [1.82, 2.24) is 9.97 Å². The number of hydrogen-bond donors (Lipinski definition) is 1. The Bertz CT molecular complexity index is 504. The maximum absolute atomic E-state index is 5.87. The van der Waals surface area contributed by atoms with E-state index in [4.69, 9.17) is 16.0 Å². The predicted molar refractivity (Wildman–Crippen MR) is 67.3 cm³/mol. The van der Waals surface area contributed by atoms with Gasteiger partial charge in [0.2, 0.25) is 0 Å². The van der Waals surface area contributed by atoms with Crippen LogP contribution in [0.1, 0.15) is 30.3 Å². The molecule has 0 amide bonds. The maximum atomic E-state index is 5.87. The summed E-state index contributed by atoms with van der Waals surface area (Å²) in [7, 11) is 0. The molecular weight excluding hydrogens is 238 g/mol. The van der Waals surface area contributed by atoms with E-state index in [-0.39, 0.29) is 6.04 Å². The lowest BCUT2D eigenvalue weighted by atomic mass is 10.2. The fourth-order valence-electron chi connectivity index (χ4n) is 1.58. The first-order valence-electron chi connectivity index (χ1n) is 5.38. The third-order valence-corrected chi connectivity index (χ3v) is 2.55. The van der Waals surface area contributed by atoms with Crippen LogP contribution in [-0.2, 0) is 0 Å². The van der Waals surface area contributed by atoms with E-state index >= 15 is 0 Å². The number of aryl methyl sites for hydroxylation is 2. The fourth-order valence-corrected chi connectivity index (χ4v) is 1.81. The second-order valence-electron chi connectivity index (χ2n) is 3.94. The molecular formula is C12H14ClN3O. The number of furan rings is 1. The Morgan fingerprint density at radius 1 is 1.29 bits per heavy atom. The molecule has 2 aromatic rings. The van der Waals surface area contributed by atoms with Gasteiger partial charge in [0.15, 0.2) is 0 Å². The summed E-state index contributed by atoms with van der Waals surface area (Å²) < 4.78 is 5.54. The number of anilines is 1. The van der Waals surface area contributed by atoms with E-state index in [1.54, 1.807) is 13.0 Å². The van der Waals surface area contributed by atoms with Crippen LogP contribution in [0.5, 0.6) is 0 Å². The van der Waals surface area contributed by atoms with Crippen LogP contribution in [0, 0.1) is 13.8 Å². The summed E-state index contributed by atoms with van der Waals surface area (Å²) in [6.45, 7) is 5.73. The first-order valence-corrected chi connectivity index (χ1v) is 5.76. The van der Waals surface area contributed by atoms with E-state index in [0.717, 1.165) is 11.5 Å². The third-order valence-electron chi connectivity index (χ3n) is 2.36. The zero-order chi connectivity index (χ0) is 12.4. The molecule has 1 unspecified atom stereocenters. The van der Waals surface area contributed by atoms with E-state index < -0.39 is 0 Å². The monoisotopic (exact) mass is 251 g/mol. The third kappa shape index (κ3) is 2.97. The molecule has 0 aliphatic carbocycles. The van der Waals surface area contributed by atoms with Gasteiger partial charge in [-0.2, -0.15) is 0 Å². The Balaban J connectivity index is 2.15. The van der Waals surface area contributed by atoms with Crippen LogP contribution in [0.2, 0.25) is 5.15 Å². The van der Waals surface area contributed by atoms with Crippen LogP contribution in [0.25, 0.3) is 0 Å². The number of hydrogen-bond acceptors (Lipinski definition) is 4. The zero-order valence-electron chi connectivity index (χ0n) is 9.99. The smallest absolute Gasteiger partial charge is 0.134 e. The van der Waals surface area contributed by atoms with Crippen LogP contribution in [0.15, 0.2) is 22.6 Å². The molecule has 0 bridgehead atoms. The van der Waals surface area contributed by atoms with Gasteiger partial charge < -0.3 is 9.73 Å². The second-order valence-corrected chi connectivity index (χ2v) is 4.32. The molecule has 2 rings (SSSR count). The van der Waals surface area contributed by atoms with Gasteiger partial charge in [-0.25, -0.2) is 9.97 Å². The average molecular weight is 252 g/mol. The van der Waals surface area contributed by atoms with Crippen molar-refractivity contribution in [2.45, 2.75) is 26.8 Å². The molecule has 0 fully saturated rings. The molecule has 90 valence electrons. The summed E-state index contributed by atoms with van der Waals surface area (Å²) in [6.07, 6.45) is 0. The highest BCUT2D eigenvalue weighted by molar-refractivity contribution is 6.29. The van der Waals surface area contributed by atoms with E-state index in [1.165, 1.54) is 0 Å². The maximum Gasteiger partial charge on any atom is 0.134 e. The van der Waals surface area contributed by atoms with Gasteiger partial charge in [0, 0.05) is 6.07 Å². The molecule has 0 saturated carbocycles. The number of nitrogens with one attached hydrogen (secondary N) is 1. The summed E-state index contributed by atoms with van der Waals surface area (Å²) in [5.74, 6) is 3.10. The minimum Gasteiger partial charge on any atom is -0.464 e. The van der Waals surface area contributed by atoms with Crippen molar-refractivity contribution in [3.63, 3.8) is 0 Å². The predicted octanol–water partition coefficient (Wildman–Crippen LogP) is 3.51. The quantitative estimate of drug-likeness (QED) is 0.848. The second kappa shape index (κ2) is 4.75. The van der Waals surface area contributed by atoms with Crippen molar-refractivity contribution >= 4 is 17.4 Å². The standard InChI is InChI=1S/C12H14ClN3O/c1-7-4-5-10(17-7)8(2)14-12-6-11(13)15-9(3)16-12/h4-6,8H,1-3H3,(H,14,15,16). The van der Waals surface area contributed by atoms with E-state index in [2.05, 4.69) is 15.3 Å². The molecule has 0 aliphatic rings. The van der Waals surface area contributed by atoms with Crippen molar-refractivity contribution < 1.29 is 4.42 Å². The van der Waals surface area contributed by atoms with Crippen LogP contribution in [0.3, 0.4) is 0 Å². The van der Waals surface area contributed by atoms with Gasteiger partial charge in [-0.3, -0.25) is 0 Å². The molecule has 0 aromatic carbocycles. The van der Waals surface area contributed by atoms with Crippen molar-refractivity contribution in [3.8, 4) is 0 Å². The molecule has 4 nitrogen and oxygen atoms in total. The van der Waals surface area contributed by atoms with Crippen LogP contribution in [-0.4, -0.2) is 9.97 Å². The average Bonchev–Trinajstić information content (AvgIpc) is 2.63. The molecule has 1 atom stereocenters.